The van der Waals surface area contributed by atoms with Gasteiger partial charge in [0.2, 0.25) is 11.9 Å². The van der Waals surface area contributed by atoms with Gasteiger partial charge in [-0.05, 0) is 32.2 Å². The van der Waals surface area contributed by atoms with Crippen molar-refractivity contribution in [2.75, 3.05) is 54.9 Å². The molecule has 0 aromatic carbocycles. The number of carbonyl (C=O) groups is 1. The summed E-state index contributed by atoms with van der Waals surface area (Å²) >= 11 is 3.23. The maximum atomic E-state index is 14.3. The molecule has 1 unspecified atom stereocenters. The van der Waals surface area contributed by atoms with Crippen molar-refractivity contribution in [3.63, 3.8) is 0 Å². The van der Waals surface area contributed by atoms with Gasteiger partial charge in [-0.15, -0.1) is 23.1 Å². The van der Waals surface area contributed by atoms with Crippen LogP contribution < -0.4 is 20.3 Å². The third kappa shape index (κ3) is 4.16. The van der Waals surface area contributed by atoms with E-state index in [0.29, 0.717) is 55.4 Å². The van der Waals surface area contributed by atoms with E-state index in [-0.39, 0.29) is 23.3 Å². The molecule has 0 radical (unpaired) electrons. The fourth-order valence-electron chi connectivity index (χ4n) is 6.85. The molecule has 15 heteroatoms. The SMILES string of the molecule is N#Cc1c(N)sc2c1C1(CN(c3nc(OC[C@@]45CCCN4CC(F)C5)nc(N(CC(=O)O)C4(C#N)CC4)n3)C1)SC2. The molecule has 0 amide bonds. The number of nitrogens with two attached hydrogens (primary N) is 1. The predicted molar refractivity (Wildman–Crippen MR) is 150 cm³/mol. The Morgan fingerprint density at radius 3 is 2.78 bits per heavy atom. The molecular formula is C26H28FN9O3S2. The van der Waals surface area contributed by atoms with Crippen LogP contribution >= 0.6 is 23.1 Å². The number of thioether (sulfide) groups is 1. The molecule has 1 spiro atoms. The van der Waals surface area contributed by atoms with Crippen LogP contribution in [-0.4, -0.2) is 87.5 Å². The zero-order valence-corrected chi connectivity index (χ0v) is 23.8. The van der Waals surface area contributed by atoms with Crippen molar-refractivity contribution in [2.24, 2.45) is 0 Å². The minimum atomic E-state index is -1.10. The fourth-order valence-corrected chi connectivity index (χ4v) is 9.66. The molecule has 4 aliphatic heterocycles. The topological polar surface area (TPSA) is 169 Å². The molecule has 2 aromatic heterocycles. The van der Waals surface area contributed by atoms with Crippen LogP contribution in [0, 0.1) is 22.7 Å². The highest BCUT2D eigenvalue weighted by atomic mass is 32.2. The summed E-state index contributed by atoms with van der Waals surface area (Å²) in [6.07, 6.45) is 2.28. The minimum Gasteiger partial charge on any atom is -0.480 e. The first-order valence-corrected chi connectivity index (χ1v) is 15.4. The van der Waals surface area contributed by atoms with E-state index in [2.05, 4.69) is 32.0 Å². The monoisotopic (exact) mass is 597 g/mol. The molecule has 2 aromatic rings. The third-order valence-electron chi connectivity index (χ3n) is 9.04. The number of thiophene rings is 1. The molecule has 2 atom stereocenters. The highest BCUT2D eigenvalue weighted by Gasteiger charge is 2.55. The van der Waals surface area contributed by atoms with Gasteiger partial charge in [0.05, 0.1) is 21.9 Å². The molecule has 7 rings (SSSR count). The first-order chi connectivity index (χ1) is 19.7. The summed E-state index contributed by atoms with van der Waals surface area (Å²) in [5.74, 6) is 0.0569. The van der Waals surface area contributed by atoms with Gasteiger partial charge in [-0.3, -0.25) is 9.69 Å². The average Bonchev–Trinajstić information content (AvgIpc) is 3.13. The third-order valence-corrected chi connectivity index (χ3v) is 11.7. The Morgan fingerprint density at radius 2 is 2.07 bits per heavy atom. The number of fused-ring (bicyclic) bond motifs is 3. The van der Waals surface area contributed by atoms with Crippen molar-refractivity contribution in [1.82, 2.24) is 19.9 Å². The molecule has 5 aliphatic rings. The zero-order chi connectivity index (χ0) is 28.6. The molecule has 214 valence electrons. The second kappa shape index (κ2) is 9.31. The Bertz CT molecular complexity index is 1510. The Balaban J connectivity index is 1.21. The van der Waals surface area contributed by atoms with Crippen LogP contribution in [0.4, 0.5) is 21.3 Å². The standard InChI is InChI=1S/C26H28FN9O3S2/c27-15-6-25(2-1-5-35(25)8-15)14-39-23-32-21(31-22(33-23)36(9-18(37)38)24(11-29)3-4-24)34-12-26(13-34)19-16(7-28)20(30)41-17(19)10-40-26/h15H,1-6,8-10,12-14,30H2,(H,37,38)/t15?,25-/m0/s1. The van der Waals surface area contributed by atoms with E-state index < -0.39 is 29.8 Å². The minimum absolute atomic E-state index is 0.0240. The van der Waals surface area contributed by atoms with Gasteiger partial charge in [-0.1, -0.05) is 0 Å². The number of aliphatic carboxylic acids is 1. The van der Waals surface area contributed by atoms with Crippen LogP contribution in [0.3, 0.4) is 0 Å². The molecule has 0 bridgehead atoms. The second-order valence-corrected chi connectivity index (χ2v) is 14.1. The van der Waals surface area contributed by atoms with Gasteiger partial charge in [-0.2, -0.15) is 25.5 Å². The van der Waals surface area contributed by atoms with Gasteiger partial charge >= 0.3 is 12.0 Å². The van der Waals surface area contributed by atoms with Crippen LogP contribution in [-0.2, 0) is 15.3 Å². The van der Waals surface area contributed by atoms with Gasteiger partial charge in [-0.25, -0.2) is 4.39 Å². The zero-order valence-electron chi connectivity index (χ0n) is 22.2. The van der Waals surface area contributed by atoms with Crippen LogP contribution in [0.5, 0.6) is 6.01 Å². The summed E-state index contributed by atoms with van der Waals surface area (Å²) in [5.41, 5.74) is 6.25. The Labute approximate surface area is 243 Å². The lowest BCUT2D eigenvalue weighted by Crippen LogP contribution is -2.57. The number of aromatic nitrogens is 3. The molecule has 3 saturated heterocycles. The average molecular weight is 598 g/mol. The van der Waals surface area contributed by atoms with Crippen molar-refractivity contribution >= 4 is 46.0 Å². The quantitative estimate of drug-likeness (QED) is 0.455. The van der Waals surface area contributed by atoms with E-state index in [1.54, 1.807) is 11.8 Å². The molecule has 12 nitrogen and oxygen atoms in total. The number of nitriles is 2. The van der Waals surface area contributed by atoms with Crippen LogP contribution in [0.15, 0.2) is 0 Å². The molecule has 6 heterocycles. The molecule has 1 aliphatic carbocycles. The van der Waals surface area contributed by atoms with Crippen LogP contribution in [0.1, 0.15) is 48.1 Å². The van der Waals surface area contributed by atoms with Crippen molar-refractivity contribution in [3.05, 3.63) is 16.0 Å². The van der Waals surface area contributed by atoms with Gasteiger partial charge in [0.1, 0.15) is 35.9 Å². The number of hydrogen-bond donors (Lipinski definition) is 2. The highest BCUT2D eigenvalue weighted by molar-refractivity contribution is 8.00. The lowest BCUT2D eigenvalue weighted by molar-refractivity contribution is -0.135. The highest BCUT2D eigenvalue weighted by Crippen LogP contribution is 2.58. The van der Waals surface area contributed by atoms with Crippen LogP contribution in [0.25, 0.3) is 0 Å². The lowest BCUT2D eigenvalue weighted by atomic mass is 9.88. The van der Waals surface area contributed by atoms with E-state index in [1.165, 1.54) is 16.2 Å². The summed E-state index contributed by atoms with van der Waals surface area (Å²) in [6.45, 7) is 2.04. The number of hydrogen-bond acceptors (Lipinski definition) is 13. The summed E-state index contributed by atoms with van der Waals surface area (Å²) in [7, 11) is 0. The Morgan fingerprint density at radius 1 is 1.27 bits per heavy atom. The molecule has 4 fully saturated rings. The van der Waals surface area contributed by atoms with Gasteiger partial charge in [0.15, 0.2) is 0 Å². The number of ether oxygens (including phenoxy) is 1. The van der Waals surface area contributed by atoms with E-state index in [4.69, 9.17) is 10.5 Å². The number of halogens is 1. The summed E-state index contributed by atoms with van der Waals surface area (Å²) in [6, 6.07) is 4.54. The fraction of sp³-hybridized carbons (Fsp3) is 0.615. The maximum Gasteiger partial charge on any atom is 0.323 e. The van der Waals surface area contributed by atoms with Gasteiger partial charge in [0.25, 0.3) is 0 Å². The number of alkyl halides is 1. The number of nitrogen functional groups attached to an aromatic ring is 1. The van der Waals surface area contributed by atoms with Crippen molar-refractivity contribution in [3.8, 4) is 18.1 Å². The van der Waals surface area contributed by atoms with E-state index >= 15 is 0 Å². The number of anilines is 3. The molecule has 1 saturated carbocycles. The molecule has 41 heavy (non-hydrogen) atoms. The van der Waals surface area contributed by atoms with E-state index in [1.807, 2.05) is 4.90 Å². The van der Waals surface area contributed by atoms with E-state index in [0.717, 1.165) is 35.6 Å². The normalized spacial score (nSPS) is 26.6. The number of carboxylic acid groups (broad SMARTS) is 1. The first kappa shape index (κ1) is 26.5. The summed E-state index contributed by atoms with van der Waals surface area (Å²) in [4.78, 5) is 32.2. The largest absolute Gasteiger partial charge is 0.480 e. The van der Waals surface area contributed by atoms with Crippen molar-refractivity contribution in [2.45, 2.75) is 59.9 Å². The van der Waals surface area contributed by atoms with Crippen molar-refractivity contribution in [1.29, 1.82) is 10.5 Å². The van der Waals surface area contributed by atoms with Gasteiger partial charge < -0.3 is 25.4 Å². The van der Waals surface area contributed by atoms with Crippen molar-refractivity contribution < 1.29 is 19.0 Å². The predicted octanol–water partition coefficient (Wildman–Crippen LogP) is 2.25. The Kier molecular flexibility index (Phi) is 6.01. The maximum absolute atomic E-state index is 14.3. The second-order valence-electron chi connectivity index (χ2n) is 11.6. The molecule has 3 N–H and O–H groups in total. The molecular weight excluding hydrogens is 569 g/mol. The lowest BCUT2D eigenvalue weighted by Gasteiger charge is -2.47. The van der Waals surface area contributed by atoms with Gasteiger partial charge in [0, 0.05) is 42.2 Å². The number of carboxylic acids is 1. The van der Waals surface area contributed by atoms with Crippen LogP contribution in [0.2, 0.25) is 0 Å². The summed E-state index contributed by atoms with van der Waals surface area (Å²) in [5, 5.41) is 29.8. The Hall–Kier alpha value is -3.40. The first-order valence-electron chi connectivity index (χ1n) is 13.6. The van der Waals surface area contributed by atoms with E-state index in [9.17, 15) is 24.8 Å². The number of nitrogens with zero attached hydrogens (tertiary/aromatic N) is 8. The number of rotatable bonds is 8. The summed E-state index contributed by atoms with van der Waals surface area (Å²) < 4.78 is 20.2. The smallest absolute Gasteiger partial charge is 0.323 e.